The molecule has 172 valence electrons. The number of hydrogen-bond donors (Lipinski definition) is 2. The van der Waals surface area contributed by atoms with Crippen LogP contribution in [0.5, 0.6) is 5.88 Å². The van der Waals surface area contributed by atoms with Gasteiger partial charge in [-0.2, -0.15) is 0 Å². The molecule has 0 fully saturated rings. The zero-order valence-corrected chi connectivity index (χ0v) is 21.8. The van der Waals surface area contributed by atoms with E-state index in [1.165, 1.54) is 0 Å². The molecule has 1 rings (SSSR count). The second kappa shape index (κ2) is 13.5. The quantitative estimate of drug-likeness (QED) is 0.300. The Morgan fingerprint density at radius 2 is 2.00 bits per heavy atom. The van der Waals surface area contributed by atoms with Crippen molar-refractivity contribution in [1.82, 2.24) is 20.5 Å². The molecule has 0 aliphatic heterocycles. The van der Waals surface area contributed by atoms with Gasteiger partial charge in [-0.25, -0.2) is 9.78 Å². The third kappa shape index (κ3) is 10.8. The third-order valence-corrected chi connectivity index (χ3v) is 4.31. The van der Waals surface area contributed by atoms with Crippen molar-refractivity contribution in [3.05, 3.63) is 23.9 Å². The molecule has 1 unspecified atom stereocenters. The van der Waals surface area contributed by atoms with E-state index in [2.05, 4.69) is 34.5 Å². The first-order chi connectivity index (χ1) is 13.6. The van der Waals surface area contributed by atoms with Crippen molar-refractivity contribution in [3.8, 4) is 5.88 Å². The van der Waals surface area contributed by atoms with Crippen LogP contribution in [0.2, 0.25) is 0 Å². The van der Waals surface area contributed by atoms with Gasteiger partial charge in [0.1, 0.15) is 5.60 Å². The number of carbonyl (C=O) groups excluding carboxylic acids is 1. The summed E-state index contributed by atoms with van der Waals surface area (Å²) >= 11 is 0. The lowest BCUT2D eigenvalue weighted by atomic mass is 10.0. The molecule has 1 heterocycles. The Morgan fingerprint density at radius 1 is 1.33 bits per heavy atom. The number of nitrogens with one attached hydrogen (secondary N) is 2. The Hall–Kier alpha value is -1.78. The minimum atomic E-state index is -0.510. The fraction of sp³-hybridized carbons (Fsp3) is 0.667. The van der Waals surface area contributed by atoms with Gasteiger partial charge in [0.25, 0.3) is 0 Å². The number of pyridine rings is 1. The van der Waals surface area contributed by atoms with E-state index in [0.29, 0.717) is 12.4 Å². The first-order valence-electron chi connectivity index (χ1n) is 9.96. The number of guanidine groups is 1. The number of alkyl carbamates (subject to hydrolysis) is 1. The standard InChI is InChI=1S/C21H37N5O3.HI/c1-15(2)17(25-20(27)29-21(3,4)5)10-12-26(7)19(22-6)24-14-16-9-11-23-18(13-16)28-8;/h9,11,13,15,17H,10,12,14H2,1-8H3,(H,22,24)(H,25,27);1H. The summed E-state index contributed by atoms with van der Waals surface area (Å²) in [6.07, 6.45) is 2.11. The molecule has 0 aliphatic carbocycles. The van der Waals surface area contributed by atoms with E-state index < -0.39 is 5.60 Å². The van der Waals surface area contributed by atoms with Crippen molar-refractivity contribution in [1.29, 1.82) is 0 Å². The normalized spacial score (nSPS) is 12.6. The number of halogens is 1. The molecule has 0 saturated carbocycles. The highest BCUT2D eigenvalue weighted by Gasteiger charge is 2.22. The van der Waals surface area contributed by atoms with Crippen LogP contribution in [0, 0.1) is 5.92 Å². The number of hydrogen-bond acceptors (Lipinski definition) is 5. The van der Waals surface area contributed by atoms with Gasteiger partial charge >= 0.3 is 6.09 Å². The van der Waals surface area contributed by atoms with Gasteiger partial charge in [0.15, 0.2) is 5.96 Å². The lowest BCUT2D eigenvalue weighted by Gasteiger charge is -2.28. The predicted octanol–water partition coefficient (Wildman–Crippen LogP) is 3.65. The molecule has 2 N–H and O–H groups in total. The fourth-order valence-corrected chi connectivity index (χ4v) is 2.71. The van der Waals surface area contributed by atoms with E-state index in [4.69, 9.17) is 9.47 Å². The molecule has 1 aromatic heterocycles. The number of carbonyl (C=O) groups is 1. The number of ether oxygens (including phenoxy) is 2. The van der Waals surface area contributed by atoms with Crippen LogP contribution in [0.25, 0.3) is 0 Å². The Kier molecular flexibility index (Phi) is 12.7. The zero-order valence-electron chi connectivity index (χ0n) is 19.5. The van der Waals surface area contributed by atoms with Crippen LogP contribution in [0.1, 0.15) is 46.6 Å². The van der Waals surface area contributed by atoms with Crippen LogP contribution in [0.15, 0.2) is 23.3 Å². The largest absolute Gasteiger partial charge is 0.481 e. The van der Waals surface area contributed by atoms with Gasteiger partial charge in [0.2, 0.25) is 5.88 Å². The highest BCUT2D eigenvalue weighted by atomic mass is 127. The highest BCUT2D eigenvalue weighted by molar-refractivity contribution is 14.0. The average Bonchev–Trinajstić information content (AvgIpc) is 2.64. The summed E-state index contributed by atoms with van der Waals surface area (Å²) in [4.78, 5) is 22.6. The minimum absolute atomic E-state index is 0. The first kappa shape index (κ1) is 28.2. The van der Waals surface area contributed by atoms with Gasteiger partial charge in [0, 0.05) is 45.5 Å². The van der Waals surface area contributed by atoms with Crippen LogP contribution in [0.3, 0.4) is 0 Å². The number of nitrogens with zero attached hydrogens (tertiary/aromatic N) is 3. The topological polar surface area (TPSA) is 88.1 Å². The molecule has 30 heavy (non-hydrogen) atoms. The van der Waals surface area contributed by atoms with Crippen LogP contribution in [0.4, 0.5) is 4.79 Å². The Bertz CT molecular complexity index is 677. The van der Waals surface area contributed by atoms with Crippen molar-refractivity contribution < 1.29 is 14.3 Å². The Morgan fingerprint density at radius 3 is 2.53 bits per heavy atom. The Balaban J connectivity index is 0.00000841. The zero-order chi connectivity index (χ0) is 22.0. The summed E-state index contributed by atoms with van der Waals surface area (Å²) in [5.74, 6) is 1.65. The summed E-state index contributed by atoms with van der Waals surface area (Å²) in [7, 11) is 5.33. The number of methoxy groups -OCH3 is 1. The van der Waals surface area contributed by atoms with Crippen LogP contribution in [-0.4, -0.2) is 61.3 Å². The number of amides is 1. The summed E-state index contributed by atoms with van der Waals surface area (Å²) in [5, 5.41) is 6.33. The maximum atomic E-state index is 12.1. The fourth-order valence-electron chi connectivity index (χ4n) is 2.71. The van der Waals surface area contributed by atoms with Crippen molar-refractivity contribution in [2.75, 3.05) is 27.7 Å². The summed E-state index contributed by atoms with van der Waals surface area (Å²) in [5.41, 5.74) is 0.544. The van der Waals surface area contributed by atoms with E-state index in [-0.39, 0.29) is 42.0 Å². The minimum Gasteiger partial charge on any atom is -0.481 e. The lowest BCUT2D eigenvalue weighted by molar-refractivity contribution is 0.0486. The molecule has 0 aliphatic rings. The maximum absolute atomic E-state index is 12.1. The molecule has 0 bridgehead atoms. The molecule has 1 amide bonds. The second-order valence-electron chi connectivity index (χ2n) is 8.31. The number of rotatable bonds is 8. The molecular formula is C21H38IN5O3. The smallest absolute Gasteiger partial charge is 0.407 e. The monoisotopic (exact) mass is 535 g/mol. The maximum Gasteiger partial charge on any atom is 0.407 e. The molecule has 9 heteroatoms. The summed E-state index contributed by atoms with van der Waals surface area (Å²) in [6, 6.07) is 3.83. The summed E-state index contributed by atoms with van der Waals surface area (Å²) in [6.45, 7) is 11.1. The van der Waals surface area contributed by atoms with Gasteiger partial charge in [0.05, 0.1) is 7.11 Å². The molecule has 0 aromatic carbocycles. The van der Waals surface area contributed by atoms with Gasteiger partial charge in [-0.3, -0.25) is 4.99 Å². The van der Waals surface area contributed by atoms with Gasteiger partial charge in [-0.15, -0.1) is 24.0 Å². The van der Waals surface area contributed by atoms with Crippen molar-refractivity contribution >= 4 is 36.0 Å². The third-order valence-electron chi connectivity index (χ3n) is 4.31. The summed E-state index contributed by atoms with van der Waals surface area (Å²) < 4.78 is 10.5. The molecule has 0 radical (unpaired) electrons. The molecule has 1 aromatic rings. The van der Waals surface area contributed by atoms with Gasteiger partial charge in [-0.1, -0.05) is 13.8 Å². The van der Waals surface area contributed by atoms with Crippen molar-refractivity contribution in [2.45, 2.75) is 59.2 Å². The Labute approximate surface area is 198 Å². The highest BCUT2D eigenvalue weighted by Crippen LogP contribution is 2.12. The second-order valence-corrected chi connectivity index (χ2v) is 8.31. The number of aliphatic imine (C=N–C) groups is 1. The predicted molar refractivity (Wildman–Crippen MR) is 132 cm³/mol. The lowest BCUT2D eigenvalue weighted by Crippen LogP contribution is -2.45. The number of aromatic nitrogens is 1. The van der Waals surface area contributed by atoms with E-state index in [1.54, 1.807) is 20.4 Å². The van der Waals surface area contributed by atoms with Crippen LogP contribution in [-0.2, 0) is 11.3 Å². The molecule has 0 saturated heterocycles. The van der Waals surface area contributed by atoms with Gasteiger partial charge in [-0.05, 0) is 44.7 Å². The molecule has 0 spiro atoms. The van der Waals surface area contributed by atoms with Crippen LogP contribution < -0.4 is 15.4 Å². The molecule has 8 nitrogen and oxygen atoms in total. The van der Waals surface area contributed by atoms with E-state index in [1.807, 2.05) is 44.9 Å². The van der Waals surface area contributed by atoms with E-state index in [0.717, 1.165) is 24.5 Å². The SMILES string of the molecule is CN=C(NCc1ccnc(OC)c1)N(C)CCC(NC(=O)OC(C)(C)C)C(C)C.I. The van der Waals surface area contributed by atoms with Crippen molar-refractivity contribution in [2.24, 2.45) is 10.9 Å². The molecule has 1 atom stereocenters. The average molecular weight is 535 g/mol. The van der Waals surface area contributed by atoms with Crippen LogP contribution >= 0.6 is 24.0 Å². The van der Waals surface area contributed by atoms with E-state index >= 15 is 0 Å². The molecular weight excluding hydrogens is 497 g/mol. The van der Waals surface area contributed by atoms with E-state index in [9.17, 15) is 4.79 Å². The van der Waals surface area contributed by atoms with Crippen molar-refractivity contribution in [3.63, 3.8) is 0 Å². The van der Waals surface area contributed by atoms with Gasteiger partial charge < -0.3 is 25.0 Å². The first-order valence-corrected chi connectivity index (χ1v) is 9.96.